The molecule has 13 heteroatoms. The summed E-state index contributed by atoms with van der Waals surface area (Å²) in [6.45, 7) is 10.5. The Morgan fingerprint density at radius 3 is 2.57 bits per heavy atom. The van der Waals surface area contributed by atoms with Gasteiger partial charge >= 0.3 is 6.09 Å². The first kappa shape index (κ1) is 37.1. The van der Waals surface area contributed by atoms with Crippen LogP contribution in [0, 0.1) is 11.7 Å². The smallest absolute Gasteiger partial charge is 0.410 e. The van der Waals surface area contributed by atoms with E-state index in [1.165, 1.54) is 6.07 Å². The maximum atomic E-state index is 14.2. The van der Waals surface area contributed by atoms with E-state index in [0.29, 0.717) is 48.2 Å². The molecule has 282 valence electrons. The maximum Gasteiger partial charge on any atom is 0.410 e. The minimum Gasteiger partial charge on any atom is -0.473 e. The highest BCUT2D eigenvalue weighted by atomic mass is 35.5. The molecule has 0 radical (unpaired) electrons. The van der Waals surface area contributed by atoms with Gasteiger partial charge in [0.25, 0.3) is 0 Å². The fraction of sp³-hybridized carbons (Fsp3) is 0.500. The molecule has 11 nitrogen and oxygen atoms in total. The fourth-order valence-electron chi connectivity index (χ4n) is 7.26. The average Bonchev–Trinajstić information content (AvgIpc) is 3.44. The zero-order chi connectivity index (χ0) is 37.1. The van der Waals surface area contributed by atoms with Gasteiger partial charge in [0.15, 0.2) is 0 Å². The van der Waals surface area contributed by atoms with Gasteiger partial charge in [-0.1, -0.05) is 23.7 Å². The Bertz CT molecular complexity index is 1940. The van der Waals surface area contributed by atoms with Crippen LogP contribution in [0.4, 0.5) is 14.9 Å². The third-order valence-corrected chi connectivity index (χ3v) is 10.5. The van der Waals surface area contributed by atoms with Crippen LogP contribution in [0.5, 0.6) is 5.88 Å². The number of likely N-dealkylation sites (tertiary alicyclic amines) is 2. The number of aromatic nitrogens is 3. The van der Waals surface area contributed by atoms with Crippen LogP contribution in [0.3, 0.4) is 0 Å². The molecule has 5 heterocycles. The zero-order valence-electron chi connectivity index (χ0n) is 30.7. The summed E-state index contributed by atoms with van der Waals surface area (Å²) in [6.07, 6.45) is 4.14. The first-order valence-corrected chi connectivity index (χ1v) is 19.0. The number of rotatable bonds is 10. The SMILES string of the molecule is CC(C)(C)OC(=O)N1CCCC(C(=O)Nc2ccc3c(c2)nc(CN2CCC(c4cccc(OCc5ccc(Cl)cc5F)n4)CC2)n3C[C@@H]2CCO2)C1. The molecule has 3 aliphatic rings. The number of carbonyl (C=O) groups excluding carboxylic acids is 2. The topological polar surface area (TPSA) is 111 Å². The summed E-state index contributed by atoms with van der Waals surface area (Å²) in [5.41, 5.74) is 3.34. The lowest BCUT2D eigenvalue weighted by Crippen LogP contribution is -2.45. The Morgan fingerprint density at radius 1 is 1.02 bits per heavy atom. The van der Waals surface area contributed by atoms with Gasteiger partial charge in [-0.05, 0) is 102 Å². The molecule has 7 rings (SSSR count). The molecule has 0 aliphatic carbocycles. The Kier molecular flexibility index (Phi) is 11.2. The molecule has 2 amide bonds. The molecule has 0 bridgehead atoms. The number of fused-ring (bicyclic) bond motifs is 1. The van der Waals surface area contributed by atoms with E-state index >= 15 is 0 Å². The zero-order valence-corrected chi connectivity index (χ0v) is 31.4. The van der Waals surface area contributed by atoms with E-state index in [4.69, 9.17) is 35.8 Å². The molecule has 0 spiro atoms. The van der Waals surface area contributed by atoms with Crippen molar-refractivity contribution in [3.8, 4) is 5.88 Å². The van der Waals surface area contributed by atoms with Crippen LogP contribution < -0.4 is 10.1 Å². The third-order valence-electron chi connectivity index (χ3n) is 10.2. The van der Waals surface area contributed by atoms with Gasteiger partial charge in [-0.25, -0.2) is 19.2 Å². The van der Waals surface area contributed by atoms with Crippen molar-refractivity contribution in [2.45, 2.75) is 90.2 Å². The van der Waals surface area contributed by atoms with E-state index in [9.17, 15) is 14.0 Å². The number of piperidine rings is 2. The van der Waals surface area contributed by atoms with E-state index < -0.39 is 11.4 Å². The lowest BCUT2D eigenvalue weighted by atomic mass is 9.93. The second kappa shape index (κ2) is 16.0. The van der Waals surface area contributed by atoms with Crippen LogP contribution in [0.15, 0.2) is 54.6 Å². The summed E-state index contributed by atoms with van der Waals surface area (Å²) >= 11 is 5.89. The third kappa shape index (κ3) is 9.28. The summed E-state index contributed by atoms with van der Waals surface area (Å²) in [5, 5.41) is 3.44. The first-order chi connectivity index (χ1) is 25.5. The molecular formula is C40H48ClFN6O5. The number of imidazole rings is 1. The number of halogens is 2. The van der Waals surface area contributed by atoms with Gasteiger partial charge in [0, 0.05) is 53.6 Å². The minimum absolute atomic E-state index is 0.0772. The highest BCUT2D eigenvalue weighted by Gasteiger charge is 2.32. The molecule has 3 fully saturated rings. The molecule has 1 N–H and O–H groups in total. The van der Waals surface area contributed by atoms with Gasteiger partial charge in [0.05, 0.1) is 36.1 Å². The molecule has 2 aromatic heterocycles. The molecule has 2 aromatic carbocycles. The standard InChI is InChI=1S/C40H48ClFN6O5/c1-40(2,3)53-39(50)47-16-5-6-27(22-47)38(49)43-30-11-12-35-34(21-30)44-36(48(35)23-31-15-19-51-31)24-46-17-13-26(14-18-46)33-7-4-8-37(45-33)52-25-28-9-10-29(41)20-32(28)42/h4,7-12,20-21,26-27,31H,5-6,13-19,22-25H2,1-3H3,(H,43,49)/t27?,31-/m0/s1. The average molecular weight is 747 g/mol. The summed E-state index contributed by atoms with van der Waals surface area (Å²) in [5.74, 6) is 0.916. The molecule has 0 saturated carbocycles. The highest BCUT2D eigenvalue weighted by Crippen LogP contribution is 2.31. The molecule has 1 unspecified atom stereocenters. The van der Waals surface area contributed by atoms with Crippen molar-refractivity contribution >= 4 is 40.3 Å². The second-order valence-electron chi connectivity index (χ2n) is 15.4. The number of anilines is 1. The number of hydrogen-bond donors (Lipinski definition) is 1. The van der Waals surface area contributed by atoms with Crippen molar-refractivity contribution in [2.75, 3.05) is 38.1 Å². The summed E-state index contributed by atoms with van der Waals surface area (Å²) in [4.78, 5) is 40.0. The Labute approximate surface area is 314 Å². The monoisotopic (exact) mass is 746 g/mol. The normalized spacial score (nSPS) is 19.9. The number of nitrogens with zero attached hydrogens (tertiary/aromatic N) is 5. The molecule has 53 heavy (non-hydrogen) atoms. The minimum atomic E-state index is -0.588. The second-order valence-corrected chi connectivity index (χ2v) is 15.8. The van der Waals surface area contributed by atoms with E-state index in [-0.39, 0.29) is 36.5 Å². The Hall–Kier alpha value is -4.26. The van der Waals surface area contributed by atoms with Crippen molar-refractivity contribution < 1.29 is 28.2 Å². The van der Waals surface area contributed by atoms with Crippen LogP contribution in [0.25, 0.3) is 11.0 Å². The lowest BCUT2D eigenvalue weighted by Gasteiger charge is -2.33. The predicted molar refractivity (Wildman–Crippen MR) is 200 cm³/mol. The molecule has 4 aromatic rings. The first-order valence-electron chi connectivity index (χ1n) is 18.6. The van der Waals surface area contributed by atoms with Crippen molar-refractivity contribution in [1.29, 1.82) is 0 Å². The maximum absolute atomic E-state index is 14.2. The van der Waals surface area contributed by atoms with Gasteiger partial charge in [-0.2, -0.15) is 0 Å². The fourth-order valence-corrected chi connectivity index (χ4v) is 7.42. The lowest BCUT2D eigenvalue weighted by molar-refractivity contribution is -0.121. The van der Waals surface area contributed by atoms with Crippen molar-refractivity contribution in [2.24, 2.45) is 5.92 Å². The number of amides is 2. The van der Waals surface area contributed by atoms with E-state index in [2.05, 4.69) is 14.8 Å². The van der Waals surface area contributed by atoms with Crippen LogP contribution in [-0.4, -0.2) is 80.8 Å². The number of nitrogens with one attached hydrogen (secondary N) is 1. The number of benzene rings is 2. The predicted octanol–water partition coefficient (Wildman–Crippen LogP) is 7.56. The number of ether oxygens (including phenoxy) is 3. The van der Waals surface area contributed by atoms with Gasteiger partial charge in [0.2, 0.25) is 11.8 Å². The van der Waals surface area contributed by atoms with Crippen LogP contribution >= 0.6 is 11.6 Å². The molecule has 3 aliphatic heterocycles. The van der Waals surface area contributed by atoms with E-state index in [0.717, 1.165) is 74.5 Å². The molecule has 2 atom stereocenters. The van der Waals surface area contributed by atoms with Gasteiger partial charge in [-0.3, -0.25) is 9.69 Å². The summed E-state index contributed by atoms with van der Waals surface area (Å²) in [6, 6.07) is 16.2. The van der Waals surface area contributed by atoms with E-state index in [1.54, 1.807) is 23.1 Å². The highest BCUT2D eigenvalue weighted by molar-refractivity contribution is 6.30. The van der Waals surface area contributed by atoms with Crippen LogP contribution in [0.2, 0.25) is 5.02 Å². The number of carbonyl (C=O) groups is 2. The van der Waals surface area contributed by atoms with Crippen molar-refractivity contribution in [3.05, 3.63) is 82.5 Å². The largest absolute Gasteiger partial charge is 0.473 e. The van der Waals surface area contributed by atoms with Crippen molar-refractivity contribution in [1.82, 2.24) is 24.3 Å². The Morgan fingerprint density at radius 2 is 1.83 bits per heavy atom. The summed E-state index contributed by atoms with van der Waals surface area (Å²) < 4.78 is 33.7. The molecule has 3 saturated heterocycles. The van der Waals surface area contributed by atoms with Gasteiger partial charge in [0.1, 0.15) is 23.8 Å². The Balaban J connectivity index is 0.981. The summed E-state index contributed by atoms with van der Waals surface area (Å²) in [7, 11) is 0. The number of pyridine rings is 1. The van der Waals surface area contributed by atoms with Gasteiger partial charge in [-0.15, -0.1) is 0 Å². The quantitative estimate of drug-likeness (QED) is 0.177. The molecular weight excluding hydrogens is 699 g/mol. The van der Waals surface area contributed by atoms with E-state index in [1.807, 2.05) is 51.1 Å². The number of hydrogen-bond acceptors (Lipinski definition) is 8. The van der Waals surface area contributed by atoms with Crippen LogP contribution in [0.1, 0.15) is 75.9 Å². The van der Waals surface area contributed by atoms with Crippen LogP contribution in [-0.2, 0) is 34.0 Å². The van der Waals surface area contributed by atoms with Gasteiger partial charge < -0.3 is 29.0 Å². The van der Waals surface area contributed by atoms with Crippen molar-refractivity contribution in [3.63, 3.8) is 0 Å².